The molecule has 100 valence electrons. The first-order valence-corrected chi connectivity index (χ1v) is 7.47. The summed E-state index contributed by atoms with van der Waals surface area (Å²) in [4.78, 5) is 3.95. The average molecular weight is 317 g/mol. The number of rotatable bonds is 3. The summed E-state index contributed by atoms with van der Waals surface area (Å²) in [7, 11) is -2.38. The van der Waals surface area contributed by atoms with Gasteiger partial charge in [-0.1, -0.05) is 29.3 Å². The molecule has 0 N–H and O–H groups in total. The number of halogens is 2. The maximum atomic E-state index is 12.4. The van der Waals surface area contributed by atoms with Gasteiger partial charge < -0.3 is 0 Å². The molecular formula is C12H10Cl2N2O2S. The first-order valence-electron chi connectivity index (χ1n) is 5.28. The highest BCUT2D eigenvalue weighted by atomic mass is 35.5. The predicted octanol–water partition coefficient (Wildman–Crippen LogP) is 3.21. The smallest absolute Gasteiger partial charge is 0.253 e. The number of hydrogen-bond donors (Lipinski definition) is 0. The molecule has 0 atom stereocenters. The Kier molecular flexibility index (Phi) is 3.99. The van der Waals surface area contributed by atoms with Crippen molar-refractivity contribution in [2.24, 2.45) is 0 Å². The molecule has 1 aromatic heterocycles. The lowest BCUT2D eigenvalue weighted by Gasteiger charge is -2.19. The highest BCUT2D eigenvalue weighted by molar-refractivity contribution is 7.93. The lowest BCUT2D eigenvalue weighted by Crippen LogP contribution is -2.27. The first kappa shape index (κ1) is 14.1. The summed E-state index contributed by atoms with van der Waals surface area (Å²) in [6.07, 6.45) is 1.51. The lowest BCUT2D eigenvalue weighted by molar-refractivity contribution is 0.594. The molecule has 7 heteroatoms. The van der Waals surface area contributed by atoms with E-state index in [-0.39, 0.29) is 9.92 Å². The fraction of sp³-hybridized carbons (Fsp3) is 0.0833. The molecular weight excluding hydrogens is 307 g/mol. The van der Waals surface area contributed by atoms with Crippen molar-refractivity contribution in [3.63, 3.8) is 0 Å². The monoisotopic (exact) mass is 316 g/mol. The van der Waals surface area contributed by atoms with Crippen LogP contribution in [0.4, 0.5) is 5.82 Å². The molecule has 0 bridgehead atoms. The fourth-order valence-electron chi connectivity index (χ4n) is 1.49. The van der Waals surface area contributed by atoms with E-state index in [2.05, 4.69) is 4.98 Å². The highest BCUT2D eigenvalue weighted by Gasteiger charge is 2.24. The number of aromatic nitrogens is 1. The third-order valence-electron chi connectivity index (χ3n) is 2.50. The molecule has 19 heavy (non-hydrogen) atoms. The Bertz CT molecular complexity index is 690. The fourth-order valence-corrected chi connectivity index (χ4v) is 3.37. The van der Waals surface area contributed by atoms with Crippen LogP contribution in [-0.4, -0.2) is 20.4 Å². The van der Waals surface area contributed by atoms with E-state index < -0.39 is 10.0 Å². The molecule has 0 aliphatic carbocycles. The highest BCUT2D eigenvalue weighted by Crippen LogP contribution is 2.28. The van der Waals surface area contributed by atoms with Crippen molar-refractivity contribution in [2.75, 3.05) is 11.4 Å². The van der Waals surface area contributed by atoms with Crippen LogP contribution in [0.15, 0.2) is 47.5 Å². The molecule has 0 aliphatic rings. The standard InChI is InChI=1S/C12H10Cl2N2O2S/c1-16(12-4-2-3-7-15-12)19(17,18)11-8-9(13)5-6-10(11)14/h2-8H,1H3. The van der Waals surface area contributed by atoms with Crippen LogP contribution in [0.3, 0.4) is 0 Å². The number of pyridine rings is 1. The van der Waals surface area contributed by atoms with Crippen molar-refractivity contribution < 1.29 is 8.42 Å². The zero-order chi connectivity index (χ0) is 14.0. The van der Waals surface area contributed by atoms with Crippen LogP contribution in [0.25, 0.3) is 0 Å². The molecule has 4 nitrogen and oxygen atoms in total. The van der Waals surface area contributed by atoms with Crippen molar-refractivity contribution in [3.8, 4) is 0 Å². The Morgan fingerprint density at radius 3 is 2.53 bits per heavy atom. The molecule has 0 aliphatic heterocycles. The number of hydrogen-bond acceptors (Lipinski definition) is 3. The van der Waals surface area contributed by atoms with Gasteiger partial charge in [-0.05, 0) is 30.3 Å². The van der Waals surface area contributed by atoms with Gasteiger partial charge in [-0.15, -0.1) is 0 Å². The molecule has 0 amide bonds. The third-order valence-corrected chi connectivity index (χ3v) is 4.98. The molecule has 0 unspecified atom stereocenters. The normalized spacial score (nSPS) is 11.3. The second-order valence-electron chi connectivity index (χ2n) is 3.74. The van der Waals surface area contributed by atoms with Crippen molar-refractivity contribution >= 4 is 39.0 Å². The van der Waals surface area contributed by atoms with E-state index >= 15 is 0 Å². The van der Waals surface area contributed by atoms with Gasteiger partial charge in [0, 0.05) is 18.3 Å². The number of anilines is 1. The molecule has 2 aromatic rings. The average Bonchev–Trinajstić information content (AvgIpc) is 2.41. The largest absolute Gasteiger partial charge is 0.266 e. The van der Waals surface area contributed by atoms with Crippen LogP contribution in [0.5, 0.6) is 0 Å². The zero-order valence-electron chi connectivity index (χ0n) is 9.92. The minimum absolute atomic E-state index is 0.0465. The molecule has 1 heterocycles. The summed E-state index contributed by atoms with van der Waals surface area (Å²) < 4.78 is 26.0. The van der Waals surface area contributed by atoms with E-state index in [1.54, 1.807) is 18.2 Å². The van der Waals surface area contributed by atoms with Gasteiger partial charge in [-0.25, -0.2) is 13.4 Å². The summed E-state index contributed by atoms with van der Waals surface area (Å²) in [6.45, 7) is 0. The summed E-state index contributed by atoms with van der Waals surface area (Å²) in [5, 5.41) is 0.421. The molecule has 0 fully saturated rings. The minimum Gasteiger partial charge on any atom is -0.253 e. The van der Waals surface area contributed by atoms with Crippen molar-refractivity contribution in [1.29, 1.82) is 0 Å². The van der Waals surface area contributed by atoms with Gasteiger partial charge in [0.1, 0.15) is 10.7 Å². The van der Waals surface area contributed by atoms with Gasteiger partial charge in [0.25, 0.3) is 10.0 Å². The maximum absolute atomic E-state index is 12.4. The topological polar surface area (TPSA) is 50.3 Å². The number of nitrogens with zero attached hydrogens (tertiary/aromatic N) is 2. The maximum Gasteiger partial charge on any atom is 0.266 e. The molecule has 1 aromatic carbocycles. The summed E-state index contributed by atoms with van der Waals surface area (Å²) >= 11 is 11.7. The van der Waals surface area contributed by atoms with Gasteiger partial charge in [-0.3, -0.25) is 4.31 Å². The number of benzene rings is 1. The SMILES string of the molecule is CN(c1ccccn1)S(=O)(=O)c1cc(Cl)ccc1Cl. The van der Waals surface area contributed by atoms with E-state index in [1.165, 1.54) is 31.4 Å². The van der Waals surface area contributed by atoms with E-state index in [9.17, 15) is 8.42 Å². The Morgan fingerprint density at radius 2 is 1.89 bits per heavy atom. The molecule has 0 saturated heterocycles. The van der Waals surface area contributed by atoms with Gasteiger partial charge in [-0.2, -0.15) is 0 Å². The second-order valence-corrected chi connectivity index (χ2v) is 6.52. The van der Waals surface area contributed by atoms with E-state index in [1.807, 2.05) is 0 Å². The minimum atomic E-state index is -3.79. The molecule has 2 rings (SSSR count). The first-order chi connectivity index (χ1) is 8.93. The second kappa shape index (κ2) is 5.36. The van der Waals surface area contributed by atoms with E-state index in [4.69, 9.17) is 23.2 Å². The van der Waals surface area contributed by atoms with Crippen LogP contribution in [0.1, 0.15) is 0 Å². The Labute approximate surface area is 121 Å². The van der Waals surface area contributed by atoms with Crippen molar-refractivity contribution in [3.05, 3.63) is 52.6 Å². The van der Waals surface area contributed by atoms with Gasteiger partial charge in [0.15, 0.2) is 0 Å². The van der Waals surface area contributed by atoms with E-state index in [0.29, 0.717) is 10.8 Å². The van der Waals surface area contributed by atoms with Crippen LogP contribution >= 0.6 is 23.2 Å². The van der Waals surface area contributed by atoms with Crippen molar-refractivity contribution in [1.82, 2.24) is 4.98 Å². The summed E-state index contributed by atoms with van der Waals surface area (Å²) in [5.74, 6) is 0.304. The third kappa shape index (κ3) is 2.83. The van der Waals surface area contributed by atoms with E-state index in [0.717, 1.165) is 4.31 Å². The Morgan fingerprint density at radius 1 is 1.16 bits per heavy atom. The molecule has 0 radical (unpaired) electrons. The summed E-state index contributed by atoms with van der Waals surface area (Å²) in [6, 6.07) is 9.30. The zero-order valence-corrected chi connectivity index (χ0v) is 12.2. The molecule has 0 saturated carbocycles. The summed E-state index contributed by atoms with van der Waals surface area (Å²) in [5.41, 5.74) is 0. The van der Waals surface area contributed by atoms with Crippen LogP contribution in [0, 0.1) is 0 Å². The van der Waals surface area contributed by atoms with Crippen LogP contribution in [0.2, 0.25) is 10.0 Å². The van der Waals surface area contributed by atoms with Gasteiger partial charge in [0.05, 0.1) is 5.02 Å². The van der Waals surface area contributed by atoms with Gasteiger partial charge >= 0.3 is 0 Å². The Balaban J connectivity index is 2.51. The van der Waals surface area contributed by atoms with Crippen molar-refractivity contribution in [2.45, 2.75) is 4.90 Å². The molecule has 0 spiro atoms. The van der Waals surface area contributed by atoms with Crippen LogP contribution < -0.4 is 4.31 Å². The van der Waals surface area contributed by atoms with Gasteiger partial charge in [0.2, 0.25) is 0 Å². The predicted molar refractivity (Wildman–Crippen MR) is 76.3 cm³/mol. The quantitative estimate of drug-likeness (QED) is 0.873. The van der Waals surface area contributed by atoms with Crippen LogP contribution in [-0.2, 0) is 10.0 Å². The number of sulfonamides is 1. The Hall–Kier alpha value is -1.30. The lowest BCUT2D eigenvalue weighted by atomic mass is 10.4.